The average Bonchev–Trinajstić information content (AvgIpc) is 2.74. The number of rotatable bonds is 1. The Balaban J connectivity index is 2.13. The molecule has 0 atom stereocenters. The zero-order valence-electron chi connectivity index (χ0n) is 9.48. The summed E-state index contributed by atoms with van der Waals surface area (Å²) in [4.78, 5) is 0. The molecule has 16 heavy (non-hydrogen) atoms. The van der Waals surface area contributed by atoms with E-state index in [9.17, 15) is 0 Å². The molecule has 1 aliphatic heterocycles. The SMILES string of the molecule is Cc1ccccc1-c1nnc2n1CCCC2. The Kier molecular flexibility index (Phi) is 2.24. The van der Waals surface area contributed by atoms with Gasteiger partial charge in [0.15, 0.2) is 5.82 Å². The van der Waals surface area contributed by atoms with Crippen LogP contribution < -0.4 is 0 Å². The summed E-state index contributed by atoms with van der Waals surface area (Å²) in [6.07, 6.45) is 3.55. The van der Waals surface area contributed by atoms with Gasteiger partial charge < -0.3 is 4.57 Å². The van der Waals surface area contributed by atoms with Gasteiger partial charge in [0.2, 0.25) is 0 Å². The summed E-state index contributed by atoms with van der Waals surface area (Å²) in [5.74, 6) is 2.18. The maximum Gasteiger partial charge on any atom is 0.164 e. The largest absolute Gasteiger partial charge is 0.311 e. The third-order valence-electron chi connectivity index (χ3n) is 3.25. The number of aromatic nitrogens is 3. The van der Waals surface area contributed by atoms with Crippen molar-refractivity contribution in [1.29, 1.82) is 0 Å². The number of hydrogen-bond acceptors (Lipinski definition) is 2. The summed E-state index contributed by atoms with van der Waals surface area (Å²) < 4.78 is 2.27. The van der Waals surface area contributed by atoms with E-state index in [1.807, 2.05) is 0 Å². The fraction of sp³-hybridized carbons (Fsp3) is 0.385. The quantitative estimate of drug-likeness (QED) is 0.729. The van der Waals surface area contributed by atoms with Gasteiger partial charge in [0.25, 0.3) is 0 Å². The van der Waals surface area contributed by atoms with Crippen molar-refractivity contribution >= 4 is 0 Å². The van der Waals surface area contributed by atoms with Gasteiger partial charge in [-0.25, -0.2) is 0 Å². The van der Waals surface area contributed by atoms with Crippen molar-refractivity contribution in [3.63, 3.8) is 0 Å². The molecule has 0 amide bonds. The minimum Gasteiger partial charge on any atom is -0.311 e. The molecule has 0 N–H and O–H groups in total. The van der Waals surface area contributed by atoms with Crippen molar-refractivity contribution in [3.8, 4) is 11.4 Å². The standard InChI is InChI=1S/C13H15N3/c1-10-6-2-3-7-11(10)13-15-14-12-8-4-5-9-16(12)13/h2-3,6-7H,4-5,8-9H2,1H3. The summed E-state index contributed by atoms with van der Waals surface area (Å²) in [6, 6.07) is 8.38. The van der Waals surface area contributed by atoms with E-state index >= 15 is 0 Å². The number of aryl methyl sites for hydroxylation is 2. The van der Waals surface area contributed by atoms with Crippen molar-refractivity contribution in [2.45, 2.75) is 32.7 Å². The van der Waals surface area contributed by atoms with Crippen molar-refractivity contribution in [2.24, 2.45) is 0 Å². The summed E-state index contributed by atoms with van der Waals surface area (Å²) in [5.41, 5.74) is 2.48. The molecule has 0 unspecified atom stereocenters. The van der Waals surface area contributed by atoms with Crippen LogP contribution in [0, 0.1) is 6.92 Å². The molecule has 1 aromatic carbocycles. The summed E-state index contributed by atoms with van der Waals surface area (Å²) >= 11 is 0. The number of benzene rings is 1. The zero-order chi connectivity index (χ0) is 11.0. The van der Waals surface area contributed by atoms with Crippen LogP contribution in [-0.4, -0.2) is 14.8 Å². The third-order valence-corrected chi connectivity index (χ3v) is 3.25. The van der Waals surface area contributed by atoms with Gasteiger partial charge in [-0.2, -0.15) is 0 Å². The Morgan fingerprint density at radius 2 is 2.00 bits per heavy atom. The molecule has 0 radical (unpaired) electrons. The Hall–Kier alpha value is -1.64. The van der Waals surface area contributed by atoms with Crippen LogP contribution in [0.2, 0.25) is 0 Å². The second-order valence-electron chi connectivity index (χ2n) is 4.36. The molecule has 2 aromatic rings. The molecule has 1 aliphatic rings. The topological polar surface area (TPSA) is 30.7 Å². The van der Waals surface area contributed by atoms with Crippen molar-refractivity contribution in [2.75, 3.05) is 0 Å². The van der Waals surface area contributed by atoms with E-state index in [-0.39, 0.29) is 0 Å². The van der Waals surface area contributed by atoms with E-state index < -0.39 is 0 Å². The van der Waals surface area contributed by atoms with Gasteiger partial charge in [-0.05, 0) is 25.3 Å². The van der Waals surface area contributed by atoms with Gasteiger partial charge in [-0.3, -0.25) is 0 Å². The van der Waals surface area contributed by atoms with E-state index in [1.54, 1.807) is 0 Å². The second-order valence-corrected chi connectivity index (χ2v) is 4.36. The van der Waals surface area contributed by atoms with Gasteiger partial charge in [0.05, 0.1) is 0 Å². The van der Waals surface area contributed by atoms with E-state index in [0.717, 1.165) is 24.6 Å². The van der Waals surface area contributed by atoms with Gasteiger partial charge >= 0.3 is 0 Å². The predicted molar refractivity (Wildman–Crippen MR) is 63.1 cm³/mol. The van der Waals surface area contributed by atoms with Crippen molar-refractivity contribution in [3.05, 3.63) is 35.7 Å². The van der Waals surface area contributed by atoms with Crippen LogP contribution in [0.5, 0.6) is 0 Å². The highest BCUT2D eigenvalue weighted by Crippen LogP contribution is 2.25. The Morgan fingerprint density at radius 3 is 2.88 bits per heavy atom. The highest BCUT2D eigenvalue weighted by Gasteiger charge is 2.17. The molecule has 1 aromatic heterocycles. The molecular weight excluding hydrogens is 198 g/mol. The monoisotopic (exact) mass is 213 g/mol. The van der Waals surface area contributed by atoms with Crippen LogP contribution in [-0.2, 0) is 13.0 Å². The number of hydrogen-bond donors (Lipinski definition) is 0. The third kappa shape index (κ3) is 1.43. The molecular formula is C13H15N3. The molecule has 2 heterocycles. The Bertz CT molecular complexity index is 514. The molecule has 0 aliphatic carbocycles. The minimum absolute atomic E-state index is 1.04. The van der Waals surface area contributed by atoms with Crippen LogP contribution in [0.4, 0.5) is 0 Å². The minimum atomic E-state index is 1.04. The molecule has 0 fully saturated rings. The predicted octanol–water partition coefficient (Wildman–Crippen LogP) is 2.59. The normalized spacial score (nSPS) is 14.8. The first-order valence-electron chi connectivity index (χ1n) is 5.84. The van der Waals surface area contributed by atoms with E-state index in [4.69, 9.17) is 0 Å². The van der Waals surface area contributed by atoms with E-state index in [0.29, 0.717) is 0 Å². The maximum atomic E-state index is 4.34. The van der Waals surface area contributed by atoms with Gasteiger partial charge in [0, 0.05) is 18.5 Å². The first kappa shape index (κ1) is 9.58. The van der Waals surface area contributed by atoms with Crippen LogP contribution in [0.25, 0.3) is 11.4 Å². The average molecular weight is 213 g/mol. The lowest BCUT2D eigenvalue weighted by atomic mass is 10.1. The van der Waals surface area contributed by atoms with E-state index in [2.05, 4.69) is 46.0 Å². The van der Waals surface area contributed by atoms with Gasteiger partial charge in [-0.1, -0.05) is 24.3 Å². The lowest BCUT2D eigenvalue weighted by Gasteiger charge is -2.15. The molecule has 3 nitrogen and oxygen atoms in total. The zero-order valence-corrected chi connectivity index (χ0v) is 9.48. The van der Waals surface area contributed by atoms with Crippen LogP contribution in [0.3, 0.4) is 0 Å². The smallest absolute Gasteiger partial charge is 0.164 e. The van der Waals surface area contributed by atoms with Crippen LogP contribution >= 0.6 is 0 Å². The first-order chi connectivity index (χ1) is 7.86. The van der Waals surface area contributed by atoms with Gasteiger partial charge in [-0.15, -0.1) is 10.2 Å². The fourth-order valence-electron chi connectivity index (χ4n) is 2.33. The molecule has 3 rings (SSSR count). The lowest BCUT2D eigenvalue weighted by molar-refractivity contribution is 0.526. The summed E-state index contributed by atoms with van der Waals surface area (Å²) in [7, 11) is 0. The van der Waals surface area contributed by atoms with Crippen molar-refractivity contribution < 1.29 is 0 Å². The number of nitrogens with zero attached hydrogens (tertiary/aromatic N) is 3. The highest BCUT2D eigenvalue weighted by molar-refractivity contribution is 5.60. The summed E-state index contributed by atoms with van der Waals surface area (Å²) in [6.45, 7) is 3.19. The lowest BCUT2D eigenvalue weighted by Crippen LogP contribution is -2.11. The molecule has 0 bridgehead atoms. The maximum absolute atomic E-state index is 4.34. The Morgan fingerprint density at radius 1 is 1.12 bits per heavy atom. The highest BCUT2D eigenvalue weighted by atomic mass is 15.3. The molecule has 0 spiro atoms. The fourth-order valence-corrected chi connectivity index (χ4v) is 2.33. The Labute approximate surface area is 95.1 Å². The molecule has 0 saturated heterocycles. The molecule has 82 valence electrons. The second kappa shape index (κ2) is 3.74. The molecule has 3 heteroatoms. The van der Waals surface area contributed by atoms with Crippen LogP contribution in [0.1, 0.15) is 24.2 Å². The van der Waals surface area contributed by atoms with Crippen molar-refractivity contribution in [1.82, 2.24) is 14.8 Å². The summed E-state index contributed by atoms with van der Waals surface area (Å²) in [5, 5.41) is 8.63. The first-order valence-corrected chi connectivity index (χ1v) is 5.84. The van der Waals surface area contributed by atoms with Gasteiger partial charge in [0.1, 0.15) is 5.82 Å². The number of fused-ring (bicyclic) bond motifs is 1. The van der Waals surface area contributed by atoms with Crippen LogP contribution in [0.15, 0.2) is 24.3 Å². The van der Waals surface area contributed by atoms with E-state index in [1.165, 1.54) is 24.0 Å². The molecule has 0 saturated carbocycles.